The van der Waals surface area contributed by atoms with Gasteiger partial charge in [-0.25, -0.2) is 0 Å². The predicted octanol–water partition coefficient (Wildman–Crippen LogP) is 3.91. The molecule has 0 radical (unpaired) electrons. The summed E-state index contributed by atoms with van der Waals surface area (Å²) in [5.74, 6) is -0.711. The number of carboxylic acids is 1. The van der Waals surface area contributed by atoms with Crippen molar-refractivity contribution in [1.29, 1.82) is 0 Å². The molecule has 1 N–H and O–H groups in total. The molecule has 0 saturated heterocycles. The van der Waals surface area contributed by atoms with Crippen molar-refractivity contribution in [2.75, 3.05) is 0 Å². The molecule has 0 aliphatic rings. The van der Waals surface area contributed by atoms with Crippen molar-refractivity contribution in [3.8, 4) is 0 Å². The molecular weight excluding hydrogens is 222 g/mol. The minimum Gasteiger partial charge on any atom is -0.481 e. The van der Waals surface area contributed by atoms with Crippen LogP contribution in [-0.2, 0) is 9.63 Å². The molecule has 0 amide bonds. The minimum absolute atomic E-state index is 0.00986. The number of carboxylic acid groups (broad SMARTS) is 1. The Bertz CT molecular complexity index is 185. The van der Waals surface area contributed by atoms with E-state index in [1.807, 2.05) is 13.8 Å². The first-order valence-electron chi connectivity index (χ1n) is 6.28. The number of aliphatic carboxylic acids is 1. The van der Waals surface area contributed by atoms with Crippen LogP contribution in [0.2, 0.25) is 0 Å². The van der Waals surface area contributed by atoms with E-state index in [2.05, 4.69) is 17.1 Å². The number of nitrogens with zero attached hydrogens (tertiary/aromatic N) is 1. The summed E-state index contributed by atoms with van der Waals surface area (Å²) in [6, 6.07) is 0. The Balaban J connectivity index is 0. The maximum Gasteiger partial charge on any atom is 0.303 e. The fraction of sp³-hybridized carbons (Fsp3) is 0.917. The SMILES string of the molecule is CCCC(=O)O.CCCCCCC(C)ON=O. The molecule has 1 unspecified atom stereocenters. The number of carbonyl (C=O) groups is 1. The van der Waals surface area contributed by atoms with Gasteiger partial charge < -0.3 is 9.94 Å². The molecule has 0 rings (SSSR count). The summed E-state index contributed by atoms with van der Waals surface area (Å²) in [5, 5.41) is 10.3. The lowest BCUT2D eigenvalue weighted by atomic mass is 10.1. The average Bonchev–Trinajstić information content (AvgIpc) is 2.25. The topological polar surface area (TPSA) is 76.0 Å². The van der Waals surface area contributed by atoms with E-state index in [1.165, 1.54) is 19.3 Å². The van der Waals surface area contributed by atoms with Gasteiger partial charge in [0.05, 0.1) is 0 Å². The van der Waals surface area contributed by atoms with Crippen LogP contribution < -0.4 is 0 Å². The molecule has 0 bridgehead atoms. The highest BCUT2D eigenvalue weighted by Gasteiger charge is 2.00. The Hall–Kier alpha value is -1.13. The lowest BCUT2D eigenvalue weighted by Crippen LogP contribution is -2.02. The summed E-state index contributed by atoms with van der Waals surface area (Å²) in [6.45, 7) is 5.88. The molecule has 0 aliphatic heterocycles. The van der Waals surface area contributed by atoms with Crippen molar-refractivity contribution < 1.29 is 14.7 Å². The maximum absolute atomic E-state index is 9.63. The van der Waals surface area contributed by atoms with Crippen LogP contribution in [-0.4, -0.2) is 17.2 Å². The molecule has 5 heteroatoms. The summed E-state index contributed by atoms with van der Waals surface area (Å²) in [7, 11) is 0. The molecule has 0 aromatic carbocycles. The van der Waals surface area contributed by atoms with Crippen molar-refractivity contribution in [1.82, 2.24) is 0 Å². The summed E-state index contributed by atoms with van der Waals surface area (Å²) in [5.41, 5.74) is 0. The van der Waals surface area contributed by atoms with Gasteiger partial charge in [0.2, 0.25) is 0 Å². The Morgan fingerprint density at radius 3 is 2.24 bits per heavy atom. The van der Waals surface area contributed by atoms with Gasteiger partial charge in [-0.3, -0.25) is 4.79 Å². The van der Waals surface area contributed by atoms with Gasteiger partial charge in [-0.1, -0.05) is 33.1 Å². The Morgan fingerprint density at radius 1 is 1.24 bits per heavy atom. The van der Waals surface area contributed by atoms with Crippen LogP contribution >= 0.6 is 0 Å². The standard InChI is InChI=1S/C8H17NO2.C4H8O2/c1-3-4-5-6-7-8(2)11-9-10;1-2-3-4(5)6/h8H,3-7H2,1-2H3;2-3H2,1H3,(H,5,6). The van der Waals surface area contributed by atoms with Crippen LogP contribution in [0, 0.1) is 4.91 Å². The summed E-state index contributed by atoms with van der Waals surface area (Å²) in [4.78, 5) is 23.7. The monoisotopic (exact) mass is 247 g/mol. The zero-order chi connectivity index (χ0) is 13.5. The number of unbranched alkanes of at least 4 members (excludes halogenated alkanes) is 3. The van der Waals surface area contributed by atoms with Crippen LogP contribution in [0.4, 0.5) is 0 Å². The smallest absolute Gasteiger partial charge is 0.303 e. The third kappa shape index (κ3) is 20.8. The van der Waals surface area contributed by atoms with E-state index in [0.717, 1.165) is 19.3 Å². The second-order valence-corrected chi connectivity index (χ2v) is 3.98. The summed E-state index contributed by atoms with van der Waals surface area (Å²) < 4.78 is 0. The highest BCUT2D eigenvalue weighted by Crippen LogP contribution is 2.07. The van der Waals surface area contributed by atoms with E-state index >= 15 is 0 Å². The van der Waals surface area contributed by atoms with E-state index in [-0.39, 0.29) is 6.10 Å². The Labute approximate surface area is 103 Å². The molecule has 0 fully saturated rings. The van der Waals surface area contributed by atoms with Crippen LogP contribution in [0.25, 0.3) is 0 Å². The molecular formula is C12H25NO4. The lowest BCUT2D eigenvalue weighted by molar-refractivity contribution is -0.137. The van der Waals surface area contributed by atoms with Crippen molar-refractivity contribution >= 4 is 5.97 Å². The molecule has 0 spiro atoms. The maximum atomic E-state index is 9.63. The van der Waals surface area contributed by atoms with Crippen molar-refractivity contribution in [3.63, 3.8) is 0 Å². The average molecular weight is 247 g/mol. The zero-order valence-corrected chi connectivity index (χ0v) is 11.1. The Morgan fingerprint density at radius 2 is 1.88 bits per heavy atom. The largest absolute Gasteiger partial charge is 0.481 e. The van der Waals surface area contributed by atoms with Crippen LogP contribution in [0.1, 0.15) is 65.7 Å². The second kappa shape index (κ2) is 14.9. The molecule has 1 atom stereocenters. The molecule has 102 valence electrons. The highest BCUT2D eigenvalue weighted by atomic mass is 16.7. The third-order valence-electron chi connectivity index (χ3n) is 2.15. The number of rotatable bonds is 9. The number of hydrogen-bond donors (Lipinski definition) is 1. The fourth-order valence-electron chi connectivity index (χ4n) is 1.20. The van der Waals surface area contributed by atoms with Gasteiger partial charge in [-0.05, 0) is 26.2 Å². The van der Waals surface area contributed by atoms with Gasteiger partial charge in [0, 0.05) is 6.42 Å². The van der Waals surface area contributed by atoms with Crippen molar-refractivity contribution in [2.45, 2.75) is 71.8 Å². The van der Waals surface area contributed by atoms with Gasteiger partial charge >= 0.3 is 5.97 Å². The highest BCUT2D eigenvalue weighted by molar-refractivity contribution is 5.66. The van der Waals surface area contributed by atoms with Crippen molar-refractivity contribution in [3.05, 3.63) is 4.91 Å². The summed E-state index contributed by atoms with van der Waals surface area (Å²) >= 11 is 0. The first-order chi connectivity index (χ1) is 8.08. The number of hydrogen-bond acceptors (Lipinski definition) is 4. The Kier molecular flexibility index (Phi) is 16.0. The third-order valence-corrected chi connectivity index (χ3v) is 2.15. The first-order valence-corrected chi connectivity index (χ1v) is 6.28. The van der Waals surface area contributed by atoms with Crippen LogP contribution in [0.15, 0.2) is 5.34 Å². The quantitative estimate of drug-likeness (QED) is 0.380. The zero-order valence-electron chi connectivity index (χ0n) is 11.1. The van der Waals surface area contributed by atoms with Crippen LogP contribution in [0.3, 0.4) is 0 Å². The molecule has 0 heterocycles. The van der Waals surface area contributed by atoms with E-state index in [0.29, 0.717) is 6.42 Å². The van der Waals surface area contributed by atoms with Crippen molar-refractivity contribution in [2.24, 2.45) is 5.34 Å². The first kappa shape index (κ1) is 18.2. The van der Waals surface area contributed by atoms with Gasteiger partial charge in [0.25, 0.3) is 0 Å². The van der Waals surface area contributed by atoms with E-state index < -0.39 is 5.97 Å². The second-order valence-electron chi connectivity index (χ2n) is 3.98. The van der Waals surface area contributed by atoms with E-state index in [1.54, 1.807) is 0 Å². The lowest BCUT2D eigenvalue weighted by Gasteiger charge is -2.05. The van der Waals surface area contributed by atoms with E-state index in [9.17, 15) is 9.70 Å². The van der Waals surface area contributed by atoms with Crippen LogP contribution in [0.5, 0.6) is 0 Å². The normalized spacial score (nSPS) is 11.0. The fourth-order valence-corrected chi connectivity index (χ4v) is 1.20. The van der Waals surface area contributed by atoms with Gasteiger partial charge in [-0.2, -0.15) is 0 Å². The van der Waals surface area contributed by atoms with Gasteiger partial charge in [-0.15, -0.1) is 4.91 Å². The molecule has 0 aromatic rings. The summed E-state index contributed by atoms with van der Waals surface area (Å²) in [6.07, 6.45) is 6.81. The van der Waals surface area contributed by atoms with Gasteiger partial charge in [0.1, 0.15) is 6.10 Å². The molecule has 0 saturated carbocycles. The van der Waals surface area contributed by atoms with Gasteiger partial charge in [0.15, 0.2) is 5.34 Å². The predicted molar refractivity (Wildman–Crippen MR) is 67.6 cm³/mol. The van der Waals surface area contributed by atoms with E-state index in [4.69, 9.17) is 5.11 Å². The molecule has 5 nitrogen and oxygen atoms in total. The minimum atomic E-state index is -0.711. The molecule has 17 heavy (non-hydrogen) atoms. The molecule has 0 aliphatic carbocycles. The molecule has 0 aromatic heterocycles.